The summed E-state index contributed by atoms with van der Waals surface area (Å²) in [4.78, 5) is 26.1. The molecule has 1 saturated heterocycles. The van der Waals surface area contributed by atoms with Crippen molar-refractivity contribution in [2.24, 2.45) is 40.6 Å². The molecule has 3 fully saturated rings. The number of nitrogens with zero attached hydrogens (tertiary/aromatic N) is 2. The van der Waals surface area contributed by atoms with Crippen molar-refractivity contribution >= 4 is 18.0 Å². The molecular weight excluding hydrogens is 380 g/mol. The number of amides is 2. The lowest BCUT2D eigenvalue weighted by atomic mass is 9.63. The second kappa shape index (κ2) is 6.96. The van der Waals surface area contributed by atoms with Gasteiger partial charge in [-0.1, -0.05) is 12.2 Å². The molecule has 2 amide bonds. The third-order valence-corrected chi connectivity index (χ3v) is 6.67. The number of allylic oxidation sites excluding steroid dienone is 2. The average molecular weight is 408 g/mol. The van der Waals surface area contributed by atoms with Crippen LogP contribution in [0.1, 0.15) is 39.7 Å². The highest BCUT2D eigenvalue weighted by Crippen LogP contribution is 2.65. The van der Waals surface area contributed by atoms with E-state index in [9.17, 15) is 9.59 Å². The Balaban J connectivity index is 1.40. The number of imide groups is 1. The molecule has 2 bridgehead atoms. The number of carbonyl (C=O) groups excluding carboxylic acids is 2. The molecule has 6 rings (SSSR count). The summed E-state index contributed by atoms with van der Waals surface area (Å²) in [6.45, 7) is 7.83. The summed E-state index contributed by atoms with van der Waals surface area (Å²) in [6, 6.07) is 5.52. The number of rotatable bonds is 6. The van der Waals surface area contributed by atoms with E-state index < -0.39 is 0 Å². The molecule has 0 spiro atoms. The van der Waals surface area contributed by atoms with Gasteiger partial charge in [0, 0.05) is 11.6 Å². The first-order chi connectivity index (χ1) is 14.3. The summed E-state index contributed by atoms with van der Waals surface area (Å²) in [5.74, 6) is 2.12. The topological polar surface area (TPSA) is 68.2 Å². The number of carbonyl (C=O) groups is 2. The van der Waals surface area contributed by atoms with Crippen molar-refractivity contribution in [1.82, 2.24) is 5.01 Å². The summed E-state index contributed by atoms with van der Waals surface area (Å²) in [5.41, 5.74) is 0.708. The minimum absolute atomic E-state index is 0.0298. The van der Waals surface area contributed by atoms with Gasteiger partial charge in [-0.15, -0.1) is 0 Å². The molecule has 0 aromatic heterocycles. The lowest BCUT2D eigenvalue weighted by Gasteiger charge is -2.37. The fourth-order valence-corrected chi connectivity index (χ4v) is 5.50. The van der Waals surface area contributed by atoms with Gasteiger partial charge in [0.25, 0.3) is 11.8 Å². The molecule has 1 aromatic rings. The monoisotopic (exact) mass is 408 g/mol. The van der Waals surface area contributed by atoms with E-state index in [1.807, 2.05) is 45.9 Å². The Morgan fingerprint density at radius 3 is 2.13 bits per heavy atom. The smallest absolute Gasteiger partial charge is 0.254 e. The Hall–Kier alpha value is -2.63. The van der Waals surface area contributed by atoms with Gasteiger partial charge in [-0.25, -0.2) is 0 Å². The molecule has 4 aliphatic carbocycles. The lowest BCUT2D eigenvalue weighted by Crippen LogP contribution is -2.40. The van der Waals surface area contributed by atoms with E-state index in [1.54, 1.807) is 6.21 Å². The first-order valence-electron chi connectivity index (χ1n) is 10.9. The second-order valence-corrected chi connectivity index (χ2v) is 9.42. The van der Waals surface area contributed by atoms with Crippen molar-refractivity contribution in [3.05, 3.63) is 35.9 Å². The summed E-state index contributed by atoms with van der Waals surface area (Å²) in [5, 5.41) is 5.44. The zero-order chi connectivity index (χ0) is 21.2. The van der Waals surface area contributed by atoms with E-state index in [4.69, 9.17) is 9.47 Å². The molecule has 6 atom stereocenters. The van der Waals surface area contributed by atoms with Gasteiger partial charge in [0.1, 0.15) is 11.5 Å². The molecule has 158 valence electrons. The minimum atomic E-state index is -0.235. The van der Waals surface area contributed by atoms with Crippen molar-refractivity contribution in [3.63, 3.8) is 0 Å². The van der Waals surface area contributed by atoms with Crippen molar-refractivity contribution in [3.8, 4) is 11.5 Å². The van der Waals surface area contributed by atoms with Gasteiger partial charge < -0.3 is 9.47 Å². The van der Waals surface area contributed by atoms with Crippen molar-refractivity contribution in [2.75, 3.05) is 0 Å². The largest absolute Gasteiger partial charge is 0.491 e. The molecule has 1 aromatic carbocycles. The van der Waals surface area contributed by atoms with Gasteiger partial charge in [-0.2, -0.15) is 10.1 Å². The first-order valence-corrected chi connectivity index (χ1v) is 10.9. The van der Waals surface area contributed by atoms with Crippen LogP contribution >= 0.6 is 0 Å². The highest BCUT2D eigenvalue weighted by molar-refractivity contribution is 6.06. The van der Waals surface area contributed by atoms with Gasteiger partial charge in [0.2, 0.25) is 0 Å². The molecule has 0 radical (unpaired) electrons. The first kappa shape index (κ1) is 19.3. The Bertz CT molecular complexity index is 915. The number of ether oxygens (including phenoxy) is 2. The average Bonchev–Trinajstić information content (AvgIpc) is 3.46. The fourth-order valence-electron chi connectivity index (χ4n) is 5.50. The number of benzene rings is 1. The molecular formula is C24H28N2O4. The number of hydrazone groups is 1. The highest BCUT2D eigenvalue weighted by Gasteiger charge is 2.67. The van der Waals surface area contributed by atoms with Crippen LogP contribution in [0.5, 0.6) is 11.5 Å². The summed E-state index contributed by atoms with van der Waals surface area (Å²) in [6.07, 6.45) is 7.06. The molecule has 30 heavy (non-hydrogen) atoms. The van der Waals surface area contributed by atoms with Crippen LogP contribution in [0, 0.1) is 35.5 Å². The highest BCUT2D eigenvalue weighted by atomic mass is 16.5. The van der Waals surface area contributed by atoms with Crippen LogP contribution in [-0.4, -0.2) is 35.2 Å². The summed E-state index contributed by atoms with van der Waals surface area (Å²) < 4.78 is 11.7. The van der Waals surface area contributed by atoms with Gasteiger partial charge in [-0.05, 0) is 69.9 Å². The Morgan fingerprint density at radius 2 is 1.57 bits per heavy atom. The molecule has 0 unspecified atom stereocenters. The zero-order valence-electron chi connectivity index (χ0n) is 17.8. The van der Waals surface area contributed by atoms with E-state index in [0.717, 1.165) is 11.4 Å². The molecule has 6 nitrogen and oxygen atoms in total. The molecule has 0 N–H and O–H groups in total. The van der Waals surface area contributed by atoms with Gasteiger partial charge in [0.15, 0.2) is 0 Å². The number of hydrogen-bond acceptors (Lipinski definition) is 5. The Kier molecular flexibility index (Phi) is 4.49. The van der Waals surface area contributed by atoms with E-state index in [-0.39, 0.29) is 47.7 Å². The second-order valence-electron chi connectivity index (χ2n) is 9.42. The van der Waals surface area contributed by atoms with Crippen LogP contribution in [0.15, 0.2) is 35.5 Å². The Morgan fingerprint density at radius 1 is 0.967 bits per heavy atom. The quantitative estimate of drug-likeness (QED) is 0.409. The zero-order valence-corrected chi connectivity index (χ0v) is 17.8. The van der Waals surface area contributed by atoms with Crippen LogP contribution in [0.3, 0.4) is 0 Å². The maximum Gasteiger partial charge on any atom is 0.254 e. The molecule has 5 aliphatic rings. The maximum atomic E-state index is 13.1. The van der Waals surface area contributed by atoms with E-state index >= 15 is 0 Å². The van der Waals surface area contributed by atoms with Crippen molar-refractivity contribution < 1.29 is 19.1 Å². The maximum absolute atomic E-state index is 13.1. The molecule has 6 heteroatoms. The van der Waals surface area contributed by atoms with Crippen molar-refractivity contribution in [2.45, 2.75) is 46.3 Å². The van der Waals surface area contributed by atoms with Crippen LogP contribution in [0.2, 0.25) is 0 Å². The van der Waals surface area contributed by atoms with Crippen LogP contribution < -0.4 is 9.47 Å². The van der Waals surface area contributed by atoms with Crippen LogP contribution in [0.25, 0.3) is 0 Å². The lowest BCUT2D eigenvalue weighted by molar-refractivity contribution is -0.140. The fraction of sp³-hybridized carbons (Fsp3) is 0.542. The summed E-state index contributed by atoms with van der Waals surface area (Å²) in [7, 11) is 0. The Labute approximate surface area is 176 Å². The summed E-state index contributed by atoms with van der Waals surface area (Å²) >= 11 is 0. The molecule has 1 aliphatic heterocycles. The van der Waals surface area contributed by atoms with Crippen LogP contribution in [0.4, 0.5) is 0 Å². The van der Waals surface area contributed by atoms with Gasteiger partial charge in [0.05, 0.1) is 30.3 Å². The van der Waals surface area contributed by atoms with Crippen LogP contribution in [-0.2, 0) is 9.59 Å². The normalized spacial score (nSPS) is 33.6. The van der Waals surface area contributed by atoms with Gasteiger partial charge in [-0.3, -0.25) is 9.59 Å². The molecule has 1 heterocycles. The van der Waals surface area contributed by atoms with E-state index in [1.165, 1.54) is 0 Å². The minimum Gasteiger partial charge on any atom is -0.491 e. The predicted molar refractivity (Wildman–Crippen MR) is 112 cm³/mol. The van der Waals surface area contributed by atoms with Crippen molar-refractivity contribution in [1.29, 1.82) is 0 Å². The molecule has 2 saturated carbocycles. The third kappa shape index (κ3) is 3.04. The SMILES string of the molecule is CC(C)Oc1ccc(/C=N\N2C(=O)[C@@H]3[C@@H]4C=C[C@H]([C@@H]5C[C@H]45)[C@H]3C2=O)c(OC(C)C)c1. The third-order valence-electron chi connectivity index (χ3n) is 6.67. The van der Waals surface area contributed by atoms with E-state index in [0.29, 0.717) is 28.9 Å². The number of hydrogen-bond donors (Lipinski definition) is 0. The predicted octanol–water partition coefficient (Wildman–Crippen LogP) is 3.65. The van der Waals surface area contributed by atoms with Gasteiger partial charge >= 0.3 is 0 Å². The standard InChI is InChI=1S/C24H28N2O4/c1-12(2)29-15-6-5-14(20(9-15)30-13(3)4)11-25-26-23(27)21-16-7-8-17(19-10-18(16)19)22(21)24(26)28/h5-9,11-13,16-19,21-22H,10H2,1-4H3/b25-11-/t16-,17-,18-,19+,21-,22-/m1/s1. The van der Waals surface area contributed by atoms with E-state index in [2.05, 4.69) is 17.3 Å².